The molecule has 0 atom stereocenters. The highest BCUT2D eigenvalue weighted by atomic mass is 35.5. The summed E-state index contributed by atoms with van der Waals surface area (Å²) in [5, 5.41) is 0. The number of hydrogen-bond donors (Lipinski definition) is 1. The quantitative estimate of drug-likeness (QED) is 0.805. The molecule has 3 aromatic heterocycles. The molecule has 0 unspecified atom stereocenters. The fourth-order valence-corrected chi connectivity index (χ4v) is 2.94. The molecular formula is C13H11ClN4S. The van der Waals surface area contributed by atoms with Gasteiger partial charge in [0, 0.05) is 16.6 Å². The SMILES string of the molecule is Nc1ccc(-c2cncn2Cc2ccc(Cl)s2)cn1. The molecule has 2 N–H and O–H groups in total. The summed E-state index contributed by atoms with van der Waals surface area (Å²) >= 11 is 7.52. The van der Waals surface area contributed by atoms with E-state index in [-0.39, 0.29) is 0 Å². The van der Waals surface area contributed by atoms with Crippen LogP contribution >= 0.6 is 22.9 Å². The average Bonchev–Trinajstić information content (AvgIpc) is 3.00. The van der Waals surface area contributed by atoms with Crippen molar-refractivity contribution in [3.05, 3.63) is 52.2 Å². The number of nitrogens with zero attached hydrogens (tertiary/aromatic N) is 3. The number of imidazole rings is 1. The number of halogens is 1. The lowest BCUT2D eigenvalue weighted by molar-refractivity contribution is 0.817. The molecule has 0 saturated heterocycles. The van der Waals surface area contributed by atoms with Crippen LogP contribution in [0.3, 0.4) is 0 Å². The van der Waals surface area contributed by atoms with Crippen LogP contribution in [0.5, 0.6) is 0 Å². The average molecular weight is 291 g/mol. The van der Waals surface area contributed by atoms with Gasteiger partial charge < -0.3 is 10.3 Å². The summed E-state index contributed by atoms with van der Waals surface area (Å²) in [7, 11) is 0. The highest BCUT2D eigenvalue weighted by Gasteiger charge is 2.07. The first-order chi connectivity index (χ1) is 9.22. The number of nitrogens with two attached hydrogens (primary N) is 1. The van der Waals surface area contributed by atoms with Crippen LogP contribution in [0.2, 0.25) is 4.34 Å². The van der Waals surface area contributed by atoms with Gasteiger partial charge in [0.1, 0.15) is 5.82 Å². The van der Waals surface area contributed by atoms with E-state index in [1.807, 2.05) is 24.4 Å². The molecule has 3 heterocycles. The summed E-state index contributed by atoms with van der Waals surface area (Å²) in [6, 6.07) is 7.66. The molecule has 3 rings (SSSR count). The topological polar surface area (TPSA) is 56.7 Å². The lowest BCUT2D eigenvalue weighted by atomic mass is 10.2. The van der Waals surface area contributed by atoms with Crippen molar-refractivity contribution in [2.75, 3.05) is 5.73 Å². The Labute approximate surface area is 119 Å². The van der Waals surface area contributed by atoms with Gasteiger partial charge in [0.05, 0.1) is 29.1 Å². The molecule has 6 heteroatoms. The summed E-state index contributed by atoms with van der Waals surface area (Å²) in [6.07, 6.45) is 5.38. The zero-order valence-electron chi connectivity index (χ0n) is 9.95. The molecule has 0 aliphatic carbocycles. The molecule has 0 radical (unpaired) electrons. The third-order valence-corrected chi connectivity index (χ3v) is 3.97. The Hall–Kier alpha value is -1.85. The maximum Gasteiger partial charge on any atom is 0.123 e. The van der Waals surface area contributed by atoms with Crippen LogP contribution < -0.4 is 5.73 Å². The van der Waals surface area contributed by atoms with Gasteiger partial charge in [0.15, 0.2) is 0 Å². The first kappa shape index (κ1) is 12.2. The van der Waals surface area contributed by atoms with E-state index in [1.54, 1.807) is 29.9 Å². The van der Waals surface area contributed by atoms with E-state index >= 15 is 0 Å². The van der Waals surface area contributed by atoms with Crippen LogP contribution in [0.15, 0.2) is 43.0 Å². The van der Waals surface area contributed by atoms with Crippen molar-refractivity contribution in [3.63, 3.8) is 0 Å². The van der Waals surface area contributed by atoms with Gasteiger partial charge in [0.2, 0.25) is 0 Å². The summed E-state index contributed by atoms with van der Waals surface area (Å²) < 4.78 is 2.86. The Kier molecular flexibility index (Phi) is 3.23. The number of aromatic nitrogens is 3. The molecule has 0 aliphatic rings. The molecular weight excluding hydrogens is 280 g/mol. The van der Waals surface area contributed by atoms with Crippen LogP contribution in [0.25, 0.3) is 11.3 Å². The van der Waals surface area contributed by atoms with Crippen molar-refractivity contribution in [1.29, 1.82) is 0 Å². The Morgan fingerprint density at radius 1 is 1.21 bits per heavy atom. The van der Waals surface area contributed by atoms with Gasteiger partial charge >= 0.3 is 0 Å². The van der Waals surface area contributed by atoms with Gasteiger partial charge in [-0.15, -0.1) is 11.3 Å². The van der Waals surface area contributed by atoms with Gasteiger partial charge in [-0.2, -0.15) is 0 Å². The van der Waals surface area contributed by atoms with Gasteiger partial charge in [-0.05, 0) is 24.3 Å². The van der Waals surface area contributed by atoms with Gasteiger partial charge in [-0.1, -0.05) is 11.6 Å². The van der Waals surface area contributed by atoms with Crippen LogP contribution in [-0.4, -0.2) is 14.5 Å². The molecule has 0 aromatic carbocycles. The Balaban J connectivity index is 1.92. The molecule has 19 heavy (non-hydrogen) atoms. The van der Waals surface area contributed by atoms with E-state index in [4.69, 9.17) is 17.3 Å². The van der Waals surface area contributed by atoms with Gasteiger partial charge in [-0.25, -0.2) is 9.97 Å². The van der Waals surface area contributed by atoms with Gasteiger partial charge in [0.25, 0.3) is 0 Å². The number of hydrogen-bond acceptors (Lipinski definition) is 4. The third-order valence-electron chi connectivity index (χ3n) is 2.75. The zero-order valence-corrected chi connectivity index (χ0v) is 11.5. The van der Waals surface area contributed by atoms with Crippen molar-refractivity contribution in [2.24, 2.45) is 0 Å². The number of nitrogen functional groups attached to an aromatic ring is 1. The van der Waals surface area contributed by atoms with E-state index in [0.29, 0.717) is 5.82 Å². The van der Waals surface area contributed by atoms with E-state index in [1.165, 1.54) is 4.88 Å². The normalized spacial score (nSPS) is 10.8. The van der Waals surface area contributed by atoms with Crippen LogP contribution in [-0.2, 0) is 6.54 Å². The molecule has 0 fully saturated rings. The molecule has 0 aliphatic heterocycles. The van der Waals surface area contributed by atoms with Crippen molar-refractivity contribution in [3.8, 4) is 11.3 Å². The van der Waals surface area contributed by atoms with Crippen molar-refractivity contribution >= 4 is 28.8 Å². The maximum atomic E-state index is 5.94. The second kappa shape index (κ2) is 5.03. The molecule has 0 amide bonds. The zero-order chi connectivity index (χ0) is 13.2. The molecule has 0 saturated carbocycles. The predicted molar refractivity (Wildman–Crippen MR) is 78.3 cm³/mol. The number of pyridine rings is 1. The molecule has 3 aromatic rings. The van der Waals surface area contributed by atoms with Crippen molar-refractivity contribution in [1.82, 2.24) is 14.5 Å². The fourth-order valence-electron chi connectivity index (χ4n) is 1.85. The van der Waals surface area contributed by atoms with Crippen molar-refractivity contribution < 1.29 is 0 Å². The first-order valence-corrected chi connectivity index (χ1v) is 6.88. The minimum atomic E-state index is 0.514. The highest BCUT2D eigenvalue weighted by molar-refractivity contribution is 7.16. The van der Waals surface area contributed by atoms with Crippen LogP contribution in [0.4, 0.5) is 5.82 Å². The predicted octanol–water partition coefficient (Wildman–Crippen LogP) is 3.29. The largest absolute Gasteiger partial charge is 0.384 e. The smallest absolute Gasteiger partial charge is 0.123 e. The molecule has 0 spiro atoms. The van der Waals surface area contributed by atoms with E-state index in [0.717, 1.165) is 22.1 Å². The minimum Gasteiger partial charge on any atom is -0.384 e. The Bertz CT molecular complexity index is 687. The number of thiophene rings is 1. The summed E-state index contributed by atoms with van der Waals surface area (Å²) in [5.74, 6) is 0.514. The minimum absolute atomic E-state index is 0.514. The Morgan fingerprint density at radius 2 is 2.11 bits per heavy atom. The van der Waals surface area contributed by atoms with E-state index < -0.39 is 0 Å². The molecule has 96 valence electrons. The third kappa shape index (κ3) is 2.62. The highest BCUT2D eigenvalue weighted by Crippen LogP contribution is 2.25. The summed E-state index contributed by atoms with van der Waals surface area (Å²) in [4.78, 5) is 9.49. The van der Waals surface area contributed by atoms with Crippen LogP contribution in [0, 0.1) is 0 Å². The molecule has 0 bridgehead atoms. The second-order valence-corrected chi connectivity index (χ2v) is 5.88. The standard InChI is InChI=1S/C13H11ClN4S/c14-12-3-2-10(19-12)7-18-8-16-6-11(18)9-1-4-13(15)17-5-9/h1-6,8H,7H2,(H2,15,17). The number of anilines is 1. The number of rotatable bonds is 3. The van der Waals surface area contributed by atoms with E-state index in [9.17, 15) is 0 Å². The lowest BCUT2D eigenvalue weighted by Crippen LogP contribution is -1.99. The lowest BCUT2D eigenvalue weighted by Gasteiger charge is -2.06. The van der Waals surface area contributed by atoms with Crippen LogP contribution in [0.1, 0.15) is 4.88 Å². The Morgan fingerprint density at radius 3 is 2.79 bits per heavy atom. The monoisotopic (exact) mass is 290 g/mol. The van der Waals surface area contributed by atoms with E-state index in [2.05, 4.69) is 14.5 Å². The van der Waals surface area contributed by atoms with Gasteiger partial charge in [-0.3, -0.25) is 0 Å². The summed E-state index contributed by atoms with van der Waals surface area (Å²) in [6.45, 7) is 0.747. The molecule has 4 nitrogen and oxygen atoms in total. The fraction of sp³-hybridized carbons (Fsp3) is 0.0769. The maximum absolute atomic E-state index is 5.94. The second-order valence-electron chi connectivity index (χ2n) is 4.08. The van der Waals surface area contributed by atoms with Crippen molar-refractivity contribution in [2.45, 2.75) is 6.54 Å². The summed E-state index contributed by atoms with van der Waals surface area (Å²) in [5.41, 5.74) is 7.60. The first-order valence-electron chi connectivity index (χ1n) is 5.68.